The summed E-state index contributed by atoms with van der Waals surface area (Å²) in [6.07, 6.45) is 2.90. The van der Waals surface area contributed by atoms with E-state index in [1.54, 1.807) is 30.3 Å². The van der Waals surface area contributed by atoms with Crippen molar-refractivity contribution >= 4 is 56.3 Å². The second-order valence-corrected chi connectivity index (χ2v) is 9.33. The van der Waals surface area contributed by atoms with Crippen LogP contribution in [-0.2, 0) is 19.4 Å². The predicted molar refractivity (Wildman–Crippen MR) is 104 cm³/mol. The van der Waals surface area contributed by atoms with E-state index in [9.17, 15) is 22.8 Å². The zero-order valence-electron chi connectivity index (χ0n) is 13.9. The topological polar surface area (TPSA) is 101 Å². The van der Waals surface area contributed by atoms with Gasteiger partial charge in [0, 0.05) is 23.4 Å². The van der Waals surface area contributed by atoms with Crippen molar-refractivity contribution in [3.63, 3.8) is 0 Å². The maximum Gasteiger partial charge on any atom is 0.293 e. The van der Waals surface area contributed by atoms with E-state index < -0.39 is 32.9 Å². The summed E-state index contributed by atoms with van der Waals surface area (Å²) in [6.45, 7) is -0.0718. The Labute approximate surface area is 165 Å². The molecule has 0 aliphatic carbocycles. The highest BCUT2D eigenvalue weighted by Crippen LogP contribution is 2.32. The summed E-state index contributed by atoms with van der Waals surface area (Å²) in [5.74, 6) is -1.07. The van der Waals surface area contributed by atoms with E-state index in [2.05, 4.69) is 5.32 Å². The van der Waals surface area contributed by atoms with Gasteiger partial charge in [-0.2, -0.15) is 0 Å². The molecule has 2 heterocycles. The fraction of sp³-hybridized carbons (Fsp3) is 0.235. The van der Waals surface area contributed by atoms with Gasteiger partial charge in [0.1, 0.15) is 0 Å². The Balaban J connectivity index is 1.57. The molecule has 1 aromatic carbocycles. The minimum Gasteiger partial charge on any atom is -0.349 e. The van der Waals surface area contributed by atoms with Crippen LogP contribution in [0.1, 0.15) is 12.0 Å². The van der Waals surface area contributed by atoms with Crippen LogP contribution in [0.25, 0.3) is 6.08 Å². The average molecular weight is 427 g/mol. The smallest absolute Gasteiger partial charge is 0.293 e. The molecule has 0 spiro atoms. The lowest BCUT2D eigenvalue weighted by atomic mass is 10.2. The summed E-state index contributed by atoms with van der Waals surface area (Å²) in [7, 11) is -3.26. The number of rotatable bonds is 5. The molecule has 1 aromatic rings. The van der Waals surface area contributed by atoms with Gasteiger partial charge in [-0.05, 0) is 41.6 Å². The quantitative estimate of drug-likeness (QED) is 0.724. The zero-order chi connectivity index (χ0) is 19.6. The lowest BCUT2D eigenvalue weighted by molar-refractivity contribution is -0.124. The lowest BCUT2D eigenvalue weighted by Crippen LogP contribution is -2.38. The Morgan fingerprint density at radius 3 is 2.63 bits per heavy atom. The molecule has 1 unspecified atom stereocenters. The third-order valence-corrected chi connectivity index (χ3v) is 6.44. The first-order chi connectivity index (χ1) is 12.7. The third-order valence-electron chi connectivity index (χ3n) is 3.88. The number of halogens is 1. The summed E-state index contributed by atoms with van der Waals surface area (Å²) < 4.78 is 22.7. The van der Waals surface area contributed by atoms with Crippen molar-refractivity contribution in [1.82, 2.24) is 10.2 Å². The molecule has 2 aliphatic rings. The molecule has 142 valence electrons. The lowest BCUT2D eigenvalue weighted by Gasteiger charge is -2.14. The van der Waals surface area contributed by atoms with Gasteiger partial charge in [-0.1, -0.05) is 23.7 Å². The number of nitrogens with one attached hydrogen (secondary N) is 1. The molecule has 27 heavy (non-hydrogen) atoms. The Kier molecular flexibility index (Phi) is 5.73. The number of carbonyl (C=O) groups excluding carboxylic acids is 3. The number of sulfone groups is 1. The largest absolute Gasteiger partial charge is 0.349 e. The number of imide groups is 1. The molecular formula is C17H15ClN2O5S2. The highest BCUT2D eigenvalue weighted by atomic mass is 35.5. The molecule has 0 aromatic heterocycles. The maximum atomic E-state index is 12.4. The van der Waals surface area contributed by atoms with Crippen molar-refractivity contribution in [2.45, 2.75) is 12.5 Å². The van der Waals surface area contributed by atoms with Gasteiger partial charge in [-0.3, -0.25) is 19.3 Å². The van der Waals surface area contributed by atoms with E-state index in [-0.39, 0.29) is 23.6 Å². The van der Waals surface area contributed by atoms with Gasteiger partial charge in [0.15, 0.2) is 9.84 Å². The van der Waals surface area contributed by atoms with Gasteiger partial charge in [-0.25, -0.2) is 8.42 Å². The fourth-order valence-electron chi connectivity index (χ4n) is 2.56. The number of thioether (sulfide) groups is 1. The van der Waals surface area contributed by atoms with Crippen LogP contribution in [0.4, 0.5) is 4.79 Å². The molecule has 0 saturated carbocycles. The van der Waals surface area contributed by atoms with E-state index in [1.165, 1.54) is 6.08 Å². The molecule has 1 N–H and O–H groups in total. The first-order valence-corrected chi connectivity index (χ1v) is 10.9. The molecule has 3 amide bonds. The number of benzene rings is 1. The van der Waals surface area contributed by atoms with Crippen molar-refractivity contribution in [2.75, 3.05) is 12.3 Å². The first-order valence-electron chi connectivity index (χ1n) is 7.95. The third kappa shape index (κ3) is 5.00. The summed E-state index contributed by atoms with van der Waals surface area (Å²) in [5, 5.41) is 3.74. The van der Waals surface area contributed by atoms with Crippen LogP contribution in [0.2, 0.25) is 5.02 Å². The molecule has 1 saturated heterocycles. The Morgan fingerprint density at radius 2 is 2.00 bits per heavy atom. The second kappa shape index (κ2) is 7.87. The minimum atomic E-state index is -3.26. The van der Waals surface area contributed by atoms with Crippen molar-refractivity contribution in [3.8, 4) is 0 Å². The van der Waals surface area contributed by atoms with Crippen LogP contribution < -0.4 is 5.32 Å². The molecule has 1 atom stereocenters. The molecule has 0 radical (unpaired) electrons. The monoisotopic (exact) mass is 426 g/mol. The van der Waals surface area contributed by atoms with Gasteiger partial charge in [0.05, 0.1) is 16.7 Å². The Morgan fingerprint density at radius 1 is 1.30 bits per heavy atom. The number of amides is 3. The molecule has 2 aliphatic heterocycles. The number of hydrogen-bond donors (Lipinski definition) is 1. The molecule has 10 heteroatoms. The van der Waals surface area contributed by atoms with Gasteiger partial charge >= 0.3 is 0 Å². The van der Waals surface area contributed by atoms with Crippen LogP contribution in [0.3, 0.4) is 0 Å². The van der Waals surface area contributed by atoms with E-state index >= 15 is 0 Å². The normalized spacial score (nSPS) is 22.6. The van der Waals surface area contributed by atoms with Crippen LogP contribution >= 0.6 is 23.4 Å². The van der Waals surface area contributed by atoms with Crippen LogP contribution in [0.15, 0.2) is 40.7 Å². The van der Waals surface area contributed by atoms with Crippen molar-refractivity contribution < 1.29 is 22.8 Å². The minimum absolute atomic E-state index is 0.0718. The number of carbonyl (C=O) groups is 3. The SMILES string of the molecule is O=C(CCN1C(=O)S/C(=C\c2ccc(Cl)cc2)C1=O)NC1C=CS(=O)(=O)C1. The number of hydrogen-bond acceptors (Lipinski definition) is 6. The first kappa shape index (κ1) is 19.7. The average Bonchev–Trinajstić information content (AvgIpc) is 3.07. The number of nitrogens with zero attached hydrogens (tertiary/aromatic N) is 1. The van der Waals surface area contributed by atoms with Crippen molar-refractivity contribution in [1.29, 1.82) is 0 Å². The highest BCUT2D eigenvalue weighted by molar-refractivity contribution is 8.18. The van der Waals surface area contributed by atoms with E-state index in [0.29, 0.717) is 5.02 Å². The van der Waals surface area contributed by atoms with Crippen molar-refractivity contribution in [3.05, 3.63) is 51.2 Å². The zero-order valence-corrected chi connectivity index (χ0v) is 16.3. The van der Waals surface area contributed by atoms with Gasteiger partial charge in [0.2, 0.25) is 5.91 Å². The standard InChI is InChI=1S/C17H15ClN2O5S2/c18-12-3-1-11(2-4-12)9-14-16(22)20(17(23)26-14)7-5-15(21)19-13-6-8-27(24,25)10-13/h1-4,6,8-9,13H,5,7,10H2,(H,19,21)/b14-9-. The fourth-order valence-corrected chi connectivity index (χ4v) is 4.79. The Bertz CT molecular complexity index is 954. The van der Waals surface area contributed by atoms with Crippen molar-refractivity contribution in [2.24, 2.45) is 0 Å². The van der Waals surface area contributed by atoms with Crippen LogP contribution in [0.5, 0.6) is 0 Å². The van der Waals surface area contributed by atoms with E-state index in [0.717, 1.165) is 27.6 Å². The van der Waals surface area contributed by atoms with E-state index in [4.69, 9.17) is 11.6 Å². The van der Waals surface area contributed by atoms with Gasteiger partial charge in [0.25, 0.3) is 11.1 Å². The van der Waals surface area contributed by atoms with Gasteiger partial charge < -0.3 is 5.32 Å². The molecule has 7 nitrogen and oxygen atoms in total. The summed E-state index contributed by atoms with van der Waals surface area (Å²) in [5.41, 5.74) is 0.733. The predicted octanol–water partition coefficient (Wildman–Crippen LogP) is 2.19. The molecular weight excluding hydrogens is 412 g/mol. The van der Waals surface area contributed by atoms with Crippen LogP contribution in [0, 0.1) is 0 Å². The molecule has 1 fully saturated rings. The molecule has 0 bridgehead atoms. The van der Waals surface area contributed by atoms with E-state index in [1.807, 2.05) is 0 Å². The summed E-state index contributed by atoms with van der Waals surface area (Å²) >= 11 is 6.63. The Hall–Kier alpha value is -2.10. The van der Waals surface area contributed by atoms with Crippen LogP contribution in [-0.4, -0.2) is 48.7 Å². The maximum absolute atomic E-state index is 12.4. The highest BCUT2D eigenvalue weighted by Gasteiger charge is 2.35. The summed E-state index contributed by atoms with van der Waals surface area (Å²) in [6, 6.07) is 6.24. The second-order valence-electron chi connectivity index (χ2n) is 5.97. The van der Waals surface area contributed by atoms with Gasteiger partial charge in [-0.15, -0.1) is 0 Å². The molecule has 3 rings (SSSR count). The summed E-state index contributed by atoms with van der Waals surface area (Å²) in [4.78, 5) is 37.7.